The second-order valence-electron chi connectivity index (χ2n) is 8.37. The predicted molar refractivity (Wildman–Crippen MR) is 134 cm³/mol. The fraction of sp³-hybridized carbons (Fsp3) is 0.185. The van der Waals surface area contributed by atoms with Crippen LogP contribution < -0.4 is 10.9 Å². The van der Waals surface area contributed by atoms with Gasteiger partial charge >= 0.3 is 6.09 Å². The zero-order chi connectivity index (χ0) is 25.1. The van der Waals surface area contributed by atoms with Gasteiger partial charge in [-0.25, -0.2) is 19.3 Å². The molecule has 2 heterocycles. The highest BCUT2D eigenvalue weighted by atomic mass is 19.1. The van der Waals surface area contributed by atoms with Gasteiger partial charge in [0.05, 0.1) is 23.4 Å². The van der Waals surface area contributed by atoms with Crippen LogP contribution in [0.15, 0.2) is 70.5 Å². The number of aromatic nitrogens is 2. The number of halogens is 1. The van der Waals surface area contributed by atoms with Gasteiger partial charge < -0.3 is 9.47 Å². The first kappa shape index (κ1) is 23.4. The number of carbonyl (C=O) groups excluding carboxylic acids is 1. The molecule has 182 valence electrons. The summed E-state index contributed by atoms with van der Waals surface area (Å²) in [6.07, 6.45) is 0.274. The number of hydrogen-bond acceptors (Lipinski definition) is 6. The molecule has 1 aromatic heterocycles. The molecule has 1 aliphatic heterocycles. The Morgan fingerprint density at radius 3 is 2.75 bits per heavy atom. The molecule has 0 saturated carbocycles. The summed E-state index contributed by atoms with van der Waals surface area (Å²) in [5.74, 6) is 0.106. The van der Waals surface area contributed by atoms with Crippen molar-refractivity contribution in [3.63, 3.8) is 0 Å². The lowest BCUT2D eigenvalue weighted by atomic mass is 9.97. The normalized spacial score (nSPS) is 12.3. The molecule has 8 nitrogen and oxygen atoms in total. The number of fused-ring (bicyclic) bond motifs is 2. The summed E-state index contributed by atoms with van der Waals surface area (Å²) in [4.78, 5) is 28.5. The highest BCUT2D eigenvalue weighted by Crippen LogP contribution is 2.33. The van der Waals surface area contributed by atoms with Gasteiger partial charge in [-0.3, -0.25) is 10.1 Å². The Kier molecular flexibility index (Phi) is 6.55. The lowest BCUT2D eigenvalue weighted by molar-refractivity contribution is 0.102. The summed E-state index contributed by atoms with van der Waals surface area (Å²) in [5, 5.41) is 10.7. The lowest BCUT2D eigenvalue weighted by Gasteiger charge is -2.09. The number of nitrogens with zero attached hydrogens (tertiary/aromatic N) is 2. The molecule has 0 saturated heterocycles. The number of nitrogens with one attached hydrogen (secondary N) is 2. The molecule has 0 bridgehead atoms. The Morgan fingerprint density at radius 2 is 1.92 bits per heavy atom. The quantitative estimate of drug-likeness (QED) is 0.396. The summed E-state index contributed by atoms with van der Waals surface area (Å²) in [6, 6.07) is 17.7. The van der Waals surface area contributed by atoms with E-state index in [1.807, 2.05) is 24.3 Å². The average Bonchev–Trinajstić information content (AvgIpc) is 3.28. The topological polar surface area (TPSA) is 106 Å². The van der Waals surface area contributed by atoms with Gasteiger partial charge in [-0.2, -0.15) is 5.10 Å². The van der Waals surface area contributed by atoms with E-state index in [1.165, 1.54) is 13.2 Å². The van der Waals surface area contributed by atoms with Crippen molar-refractivity contribution in [1.29, 1.82) is 0 Å². The monoisotopic (exact) mass is 486 g/mol. The summed E-state index contributed by atoms with van der Waals surface area (Å²) >= 11 is 0. The van der Waals surface area contributed by atoms with Crippen LogP contribution >= 0.6 is 0 Å². The van der Waals surface area contributed by atoms with Crippen molar-refractivity contribution in [3.05, 3.63) is 93.7 Å². The standard InChI is InChI=1S/C27H23FN4O4/c1-35-10-11-36-27(34)30-25-15-18-8-7-17(14-23(18)29-25)21-12-16(6-9-22(21)28)13-24-19-4-2-3-5-20(19)26(33)32-31-24/h2-9,12,14H,10-11,13,15H2,1H3,(H,32,33)(H,29,30,34). The van der Waals surface area contributed by atoms with Crippen LogP contribution in [-0.2, 0) is 22.3 Å². The van der Waals surface area contributed by atoms with Crippen LogP contribution in [-0.4, -0.2) is 42.4 Å². The maximum atomic E-state index is 14.9. The van der Waals surface area contributed by atoms with Crippen LogP contribution in [0.1, 0.15) is 16.8 Å². The summed E-state index contributed by atoms with van der Waals surface area (Å²) < 4.78 is 24.7. The van der Waals surface area contributed by atoms with Gasteiger partial charge in [0.25, 0.3) is 5.56 Å². The van der Waals surface area contributed by atoms with E-state index in [-0.39, 0.29) is 18.0 Å². The molecule has 0 unspecified atom stereocenters. The van der Waals surface area contributed by atoms with Crippen LogP contribution in [0.2, 0.25) is 0 Å². The number of carbonyl (C=O) groups is 1. The van der Waals surface area contributed by atoms with E-state index in [0.717, 1.165) is 16.5 Å². The van der Waals surface area contributed by atoms with Gasteiger partial charge in [0, 0.05) is 30.9 Å². The number of rotatable bonds is 6. The van der Waals surface area contributed by atoms with Crippen LogP contribution in [0.3, 0.4) is 0 Å². The molecule has 1 amide bonds. The molecule has 0 radical (unpaired) electrons. The zero-order valence-corrected chi connectivity index (χ0v) is 19.5. The fourth-order valence-corrected chi connectivity index (χ4v) is 4.20. The van der Waals surface area contributed by atoms with Crippen LogP contribution in [0, 0.1) is 5.82 Å². The van der Waals surface area contributed by atoms with Crippen molar-refractivity contribution >= 4 is 28.4 Å². The molecule has 0 spiro atoms. The number of aliphatic imine (C=N–C) groups is 1. The Bertz CT molecular complexity index is 1550. The van der Waals surface area contributed by atoms with Crippen LogP contribution in [0.5, 0.6) is 0 Å². The van der Waals surface area contributed by atoms with Crippen molar-refractivity contribution in [1.82, 2.24) is 15.5 Å². The maximum Gasteiger partial charge on any atom is 0.412 e. The van der Waals surface area contributed by atoms with Gasteiger partial charge in [-0.05, 0) is 41.0 Å². The van der Waals surface area contributed by atoms with Crippen molar-refractivity contribution in [2.24, 2.45) is 4.99 Å². The Balaban J connectivity index is 1.39. The Hall–Kier alpha value is -4.37. The number of amides is 1. The first-order valence-electron chi connectivity index (χ1n) is 11.4. The molecule has 1 aliphatic rings. The first-order chi connectivity index (χ1) is 17.5. The molecule has 9 heteroatoms. The predicted octanol–water partition coefficient (Wildman–Crippen LogP) is 4.28. The number of amidine groups is 1. The number of benzene rings is 3. The summed E-state index contributed by atoms with van der Waals surface area (Å²) in [7, 11) is 1.53. The van der Waals surface area contributed by atoms with E-state index in [9.17, 15) is 14.0 Å². The summed E-state index contributed by atoms with van der Waals surface area (Å²) in [6.45, 7) is 0.454. The molecular formula is C27H23FN4O4. The van der Waals surface area contributed by atoms with Crippen molar-refractivity contribution in [2.75, 3.05) is 20.3 Å². The lowest BCUT2D eigenvalue weighted by Crippen LogP contribution is -2.31. The van der Waals surface area contributed by atoms with Crippen molar-refractivity contribution < 1.29 is 18.7 Å². The molecule has 2 N–H and O–H groups in total. The van der Waals surface area contributed by atoms with Crippen LogP contribution in [0.25, 0.3) is 21.9 Å². The van der Waals surface area contributed by atoms with E-state index in [1.54, 1.807) is 30.3 Å². The van der Waals surface area contributed by atoms with Crippen molar-refractivity contribution in [2.45, 2.75) is 12.8 Å². The van der Waals surface area contributed by atoms with Gasteiger partial charge in [0.1, 0.15) is 18.3 Å². The number of hydrogen-bond donors (Lipinski definition) is 2. The molecule has 5 rings (SSSR count). The number of alkyl carbamates (subject to hydrolysis) is 1. The molecule has 0 atom stereocenters. The third-order valence-corrected chi connectivity index (χ3v) is 5.95. The highest BCUT2D eigenvalue weighted by Gasteiger charge is 2.19. The second kappa shape index (κ2) is 10.1. The van der Waals surface area contributed by atoms with E-state index in [2.05, 4.69) is 20.5 Å². The minimum absolute atomic E-state index is 0.146. The molecule has 3 aromatic carbocycles. The number of aromatic amines is 1. The Labute approximate surface area is 205 Å². The van der Waals surface area contributed by atoms with Crippen LogP contribution in [0.4, 0.5) is 14.9 Å². The van der Waals surface area contributed by atoms with E-state index < -0.39 is 6.09 Å². The van der Waals surface area contributed by atoms with Gasteiger partial charge in [0.2, 0.25) is 0 Å². The molecule has 0 aliphatic carbocycles. The third-order valence-electron chi connectivity index (χ3n) is 5.95. The smallest absolute Gasteiger partial charge is 0.412 e. The number of ether oxygens (including phenoxy) is 2. The van der Waals surface area contributed by atoms with Gasteiger partial charge in [-0.1, -0.05) is 36.4 Å². The second-order valence-corrected chi connectivity index (χ2v) is 8.37. The number of methoxy groups -OCH3 is 1. The molecular weight excluding hydrogens is 463 g/mol. The van der Waals surface area contributed by atoms with E-state index in [0.29, 0.717) is 53.2 Å². The SMILES string of the molecule is COCCOC(=O)NC1=Nc2cc(-c3cc(Cc4n[nH]c(=O)c5ccccc45)ccc3F)ccc2C1. The average molecular weight is 487 g/mol. The third kappa shape index (κ3) is 4.87. The van der Waals surface area contributed by atoms with E-state index in [4.69, 9.17) is 9.47 Å². The molecule has 0 fully saturated rings. The van der Waals surface area contributed by atoms with Gasteiger partial charge in [-0.15, -0.1) is 0 Å². The fourth-order valence-electron chi connectivity index (χ4n) is 4.20. The van der Waals surface area contributed by atoms with E-state index >= 15 is 0 Å². The van der Waals surface area contributed by atoms with Crippen molar-refractivity contribution in [3.8, 4) is 11.1 Å². The van der Waals surface area contributed by atoms with Gasteiger partial charge in [0.15, 0.2) is 0 Å². The first-order valence-corrected chi connectivity index (χ1v) is 11.4. The minimum atomic E-state index is -0.596. The number of H-pyrrole nitrogens is 1. The Morgan fingerprint density at radius 1 is 1.08 bits per heavy atom. The molecule has 36 heavy (non-hydrogen) atoms. The molecule has 4 aromatic rings. The summed E-state index contributed by atoms with van der Waals surface area (Å²) in [5.41, 5.74) is 3.99. The largest absolute Gasteiger partial charge is 0.447 e. The highest BCUT2D eigenvalue weighted by molar-refractivity contribution is 6.01. The maximum absolute atomic E-state index is 14.9. The zero-order valence-electron chi connectivity index (χ0n) is 19.5. The minimum Gasteiger partial charge on any atom is -0.447 e.